The highest BCUT2D eigenvalue weighted by molar-refractivity contribution is 5.98. The van der Waals surface area contributed by atoms with Crippen molar-refractivity contribution in [2.75, 3.05) is 23.0 Å². The van der Waals surface area contributed by atoms with Gasteiger partial charge in [0.25, 0.3) is 5.91 Å². The molecule has 2 atom stereocenters. The van der Waals surface area contributed by atoms with E-state index in [4.69, 9.17) is 4.42 Å². The van der Waals surface area contributed by atoms with Crippen LogP contribution in [0.3, 0.4) is 0 Å². The molecule has 1 aromatic carbocycles. The van der Waals surface area contributed by atoms with Crippen molar-refractivity contribution in [3.63, 3.8) is 0 Å². The number of carbonyl (C=O) groups is 2. The third kappa shape index (κ3) is 5.60. The molecule has 4 N–H and O–H groups in total. The van der Waals surface area contributed by atoms with Crippen LogP contribution in [0.1, 0.15) is 29.4 Å². The lowest BCUT2D eigenvalue weighted by Gasteiger charge is -2.15. The Labute approximate surface area is 225 Å². The number of aryl methyl sites for hydroxylation is 1. The molecule has 0 unspecified atom stereocenters. The Morgan fingerprint density at radius 1 is 1.26 bits per heavy atom. The second kappa shape index (κ2) is 11.0. The Morgan fingerprint density at radius 2 is 2.10 bits per heavy atom. The highest BCUT2D eigenvalue weighted by Crippen LogP contribution is 2.30. The first-order valence-corrected chi connectivity index (χ1v) is 12.6. The van der Waals surface area contributed by atoms with E-state index < -0.39 is 18.1 Å². The van der Waals surface area contributed by atoms with Gasteiger partial charge in [0.05, 0.1) is 24.0 Å². The fraction of sp³-hybridized carbons (Fsp3) is 0.241. The predicted octanol–water partition coefficient (Wildman–Crippen LogP) is 3.93. The van der Waals surface area contributed by atoms with Gasteiger partial charge in [0.1, 0.15) is 11.3 Å². The van der Waals surface area contributed by atoms with Crippen LogP contribution in [0.4, 0.5) is 17.2 Å². The largest absolute Gasteiger partial charge is 0.459 e. The number of aliphatic hydroxyl groups excluding tert-OH is 1. The van der Waals surface area contributed by atoms with Crippen molar-refractivity contribution >= 4 is 46.1 Å². The van der Waals surface area contributed by atoms with E-state index in [0.717, 1.165) is 33.5 Å². The van der Waals surface area contributed by atoms with Crippen LogP contribution in [0.2, 0.25) is 0 Å². The Balaban J connectivity index is 1.28. The summed E-state index contributed by atoms with van der Waals surface area (Å²) >= 11 is 0. The number of rotatable bonds is 7. The maximum atomic E-state index is 12.9. The van der Waals surface area contributed by atoms with Crippen LogP contribution in [0.25, 0.3) is 17.0 Å². The van der Waals surface area contributed by atoms with Gasteiger partial charge in [-0.05, 0) is 55.3 Å². The van der Waals surface area contributed by atoms with Gasteiger partial charge in [-0.15, -0.1) is 0 Å². The lowest BCUT2D eigenvalue weighted by molar-refractivity contribution is -0.125. The van der Waals surface area contributed by atoms with E-state index in [2.05, 4.69) is 32.0 Å². The minimum absolute atomic E-state index is 0.201. The maximum Gasteiger partial charge on any atom is 0.256 e. The number of nitrogens with zero attached hydrogens (tertiary/aromatic N) is 3. The number of furan rings is 1. The van der Waals surface area contributed by atoms with E-state index >= 15 is 0 Å². The van der Waals surface area contributed by atoms with E-state index in [1.165, 1.54) is 6.08 Å². The molecule has 10 nitrogen and oxygen atoms in total. The van der Waals surface area contributed by atoms with Crippen LogP contribution >= 0.6 is 0 Å². The molecule has 0 radical (unpaired) electrons. The lowest BCUT2D eigenvalue weighted by Crippen LogP contribution is -2.38. The molecular formula is C29H30N6O4. The third-order valence-corrected chi connectivity index (χ3v) is 6.73. The smallest absolute Gasteiger partial charge is 0.256 e. The summed E-state index contributed by atoms with van der Waals surface area (Å²) in [4.78, 5) is 34.9. The number of anilines is 3. The van der Waals surface area contributed by atoms with Crippen LogP contribution < -0.4 is 16.0 Å². The normalized spacial score (nSPS) is 16.9. The lowest BCUT2D eigenvalue weighted by atomic mass is 10.1. The zero-order chi connectivity index (χ0) is 27.5. The number of aliphatic hydroxyl groups is 1. The molecule has 200 valence electrons. The fourth-order valence-corrected chi connectivity index (χ4v) is 4.51. The van der Waals surface area contributed by atoms with Crippen molar-refractivity contribution in [1.82, 2.24) is 14.9 Å². The summed E-state index contributed by atoms with van der Waals surface area (Å²) in [6, 6.07) is 11.1. The summed E-state index contributed by atoms with van der Waals surface area (Å²) < 4.78 is 6.15. The summed E-state index contributed by atoms with van der Waals surface area (Å²) in [5.41, 5.74) is 5.05. The first-order chi connectivity index (χ1) is 18.8. The van der Waals surface area contributed by atoms with Gasteiger partial charge in [0.15, 0.2) is 11.9 Å². The van der Waals surface area contributed by atoms with E-state index in [0.29, 0.717) is 30.2 Å². The second-order valence-corrected chi connectivity index (χ2v) is 9.60. The molecule has 10 heteroatoms. The third-order valence-electron chi connectivity index (χ3n) is 6.73. The first-order valence-electron chi connectivity index (χ1n) is 12.6. The number of hydrogen-bond acceptors (Lipinski definition) is 8. The molecule has 1 aliphatic rings. The quantitative estimate of drug-likeness (QED) is 0.266. The Morgan fingerprint density at radius 3 is 2.90 bits per heavy atom. The number of pyridine rings is 2. The molecule has 2 amide bonds. The van der Waals surface area contributed by atoms with Gasteiger partial charge >= 0.3 is 0 Å². The molecular weight excluding hydrogens is 496 g/mol. The van der Waals surface area contributed by atoms with E-state index in [-0.39, 0.29) is 5.91 Å². The summed E-state index contributed by atoms with van der Waals surface area (Å²) in [5, 5.41) is 20.1. The van der Waals surface area contributed by atoms with Gasteiger partial charge in [-0.3, -0.25) is 14.6 Å². The standard InChI is InChI=1S/C29H30N6O4/c1-17-24(39-23-8-4-6-20(26(17)23)14-31-21-7-5-11-30-15-21)16-35(3)25(36)10-9-19-12-22-28(32-13-19)34-29(38)27(37)18(2)33-22/h4-13,15,18,27,31,33,37H,14,16H2,1-3H3,(H,32,34,38)/b10-9+/t18-,27+/m1/s1. The number of benzene rings is 1. The van der Waals surface area contributed by atoms with Crippen LogP contribution in [0.15, 0.2) is 65.5 Å². The Bertz CT molecular complexity index is 1550. The summed E-state index contributed by atoms with van der Waals surface area (Å²) in [7, 11) is 1.72. The summed E-state index contributed by atoms with van der Waals surface area (Å²) in [6.07, 6.45) is 7.01. The Kier molecular flexibility index (Phi) is 7.29. The van der Waals surface area contributed by atoms with Crippen molar-refractivity contribution in [1.29, 1.82) is 0 Å². The van der Waals surface area contributed by atoms with Crippen LogP contribution in [-0.4, -0.2) is 51.0 Å². The van der Waals surface area contributed by atoms with Gasteiger partial charge in [0, 0.05) is 49.2 Å². The van der Waals surface area contributed by atoms with Gasteiger partial charge in [-0.25, -0.2) is 4.98 Å². The average molecular weight is 527 g/mol. The molecule has 4 heterocycles. The molecule has 4 aromatic rings. The molecule has 0 saturated heterocycles. The SMILES string of the molecule is Cc1c(CN(C)C(=O)/C=C/c2cnc3c(c2)N[C@H](C)[C@H](O)C(=O)N3)oc2cccc(CNc3cccnc3)c12. The number of likely N-dealkylation sites (N-methyl/N-ethyl adjacent to an activating group) is 1. The zero-order valence-electron chi connectivity index (χ0n) is 21.9. The molecule has 0 spiro atoms. The zero-order valence-corrected chi connectivity index (χ0v) is 21.9. The maximum absolute atomic E-state index is 12.9. The molecule has 0 fully saturated rings. The minimum Gasteiger partial charge on any atom is -0.459 e. The van der Waals surface area contributed by atoms with Crippen molar-refractivity contribution in [3.8, 4) is 0 Å². The van der Waals surface area contributed by atoms with Gasteiger partial charge in [-0.2, -0.15) is 0 Å². The van der Waals surface area contributed by atoms with E-state index in [1.807, 2.05) is 31.2 Å². The fourth-order valence-electron chi connectivity index (χ4n) is 4.51. The van der Waals surface area contributed by atoms with Crippen molar-refractivity contribution < 1.29 is 19.1 Å². The number of amides is 2. The van der Waals surface area contributed by atoms with Crippen LogP contribution in [-0.2, 0) is 22.7 Å². The Hall–Kier alpha value is -4.70. The molecule has 3 aromatic heterocycles. The minimum atomic E-state index is -1.19. The van der Waals surface area contributed by atoms with E-state index in [9.17, 15) is 14.7 Å². The van der Waals surface area contributed by atoms with Crippen molar-refractivity contribution in [3.05, 3.63) is 83.5 Å². The highest BCUT2D eigenvalue weighted by atomic mass is 16.3. The molecule has 0 saturated carbocycles. The molecule has 0 bridgehead atoms. The highest BCUT2D eigenvalue weighted by Gasteiger charge is 2.28. The number of hydrogen-bond donors (Lipinski definition) is 4. The topological polar surface area (TPSA) is 133 Å². The van der Waals surface area contributed by atoms with Crippen molar-refractivity contribution in [2.45, 2.75) is 39.1 Å². The summed E-state index contributed by atoms with van der Waals surface area (Å²) in [6.45, 7) is 4.64. The monoisotopic (exact) mass is 526 g/mol. The van der Waals surface area contributed by atoms with E-state index in [1.54, 1.807) is 49.6 Å². The number of aromatic nitrogens is 2. The molecule has 0 aliphatic carbocycles. The number of fused-ring (bicyclic) bond motifs is 2. The average Bonchev–Trinajstić information content (AvgIpc) is 3.21. The molecule has 39 heavy (non-hydrogen) atoms. The number of nitrogens with one attached hydrogen (secondary N) is 3. The van der Waals surface area contributed by atoms with Crippen LogP contribution in [0.5, 0.6) is 0 Å². The van der Waals surface area contributed by atoms with Crippen molar-refractivity contribution in [2.24, 2.45) is 0 Å². The molecule has 1 aliphatic heterocycles. The predicted molar refractivity (Wildman–Crippen MR) is 150 cm³/mol. The number of carbonyl (C=O) groups excluding carboxylic acids is 2. The van der Waals surface area contributed by atoms with Gasteiger partial charge in [-0.1, -0.05) is 12.1 Å². The molecule has 5 rings (SSSR count). The van der Waals surface area contributed by atoms with Gasteiger partial charge < -0.3 is 30.4 Å². The first kappa shape index (κ1) is 25.9. The van der Waals surface area contributed by atoms with Crippen LogP contribution in [0, 0.1) is 6.92 Å². The summed E-state index contributed by atoms with van der Waals surface area (Å²) in [5.74, 6) is 0.342. The second-order valence-electron chi connectivity index (χ2n) is 9.60. The van der Waals surface area contributed by atoms with Gasteiger partial charge in [0.2, 0.25) is 5.91 Å².